The molecule has 1 heterocycles. The summed E-state index contributed by atoms with van der Waals surface area (Å²) in [6.07, 6.45) is 5.95. The molecular formula is C13H16N2O3S. The molecule has 1 atom stereocenters. The number of carboxylic acid groups (broad SMARTS) is 1. The van der Waals surface area contributed by atoms with Crippen LogP contribution in [0.3, 0.4) is 0 Å². The maximum absolute atomic E-state index is 12.0. The van der Waals surface area contributed by atoms with E-state index >= 15 is 0 Å². The summed E-state index contributed by atoms with van der Waals surface area (Å²) in [6.45, 7) is 2.58. The molecule has 0 aromatic carbocycles. The molecule has 1 unspecified atom stereocenters. The number of carbonyl (C=O) groups is 2. The van der Waals surface area contributed by atoms with Gasteiger partial charge in [-0.15, -0.1) is 17.8 Å². The lowest BCUT2D eigenvalue weighted by Gasteiger charge is -2.22. The first-order chi connectivity index (χ1) is 9.10. The zero-order valence-corrected chi connectivity index (χ0v) is 11.4. The van der Waals surface area contributed by atoms with Gasteiger partial charge in [0.15, 0.2) is 6.04 Å². The van der Waals surface area contributed by atoms with Gasteiger partial charge in [0.25, 0.3) is 0 Å². The fourth-order valence-corrected chi connectivity index (χ4v) is 2.32. The number of rotatable bonds is 6. The predicted molar refractivity (Wildman–Crippen MR) is 73.9 cm³/mol. The van der Waals surface area contributed by atoms with Crippen molar-refractivity contribution in [3.8, 4) is 12.3 Å². The van der Waals surface area contributed by atoms with E-state index in [-0.39, 0.29) is 6.54 Å². The van der Waals surface area contributed by atoms with E-state index in [1.165, 1.54) is 16.2 Å². The molecule has 102 valence electrons. The Morgan fingerprint density at radius 2 is 2.37 bits per heavy atom. The van der Waals surface area contributed by atoms with Gasteiger partial charge in [-0.3, -0.25) is 0 Å². The molecule has 0 spiro atoms. The average Bonchev–Trinajstić information content (AvgIpc) is 2.88. The van der Waals surface area contributed by atoms with E-state index in [2.05, 4.69) is 11.2 Å². The van der Waals surface area contributed by atoms with Crippen LogP contribution in [-0.2, 0) is 4.79 Å². The van der Waals surface area contributed by atoms with Crippen LogP contribution in [0.2, 0.25) is 0 Å². The average molecular weight is 280 g/mol. The highest BCUT2D eigenvalue weighted by molar-refractivity contribution is 7.10. The second kappa shape index (κ2) is 7.44. The largest absolute Gasteiger partial charge is 0.479 e. The summed E-state index contributed by atoms with van der Waals surface area (Å²) in [5, 5.41) is 13.4. The van der Waals surface area contributed by atoms with Gasteiger partial charge in [-0.05, 0) is 17.9 Å². The minimum absolute atomic E-state index is 0.163. The predicted octanol–water partition coefficient (Wildman–Crippen LogP) is 1.93. The van der Waals surface area contributed by atoms with E-state index in [0.717, 1.165) is 6.42 Å². The first-order valence-corrected chi connectivity index (χ1v) is 6.73. The van der Waals surface area contributed by atoms with E-state index in [9.17, 15) is 9.59 Å². The van der Waals surface area contributed by atoms with Crippen LogP contribution in [0.1, 0.15) is 24.3 Å². The molecule has 0 radical (unpaired) electrons. The first-order valence-electron chi connectivity index (χ1n) is 5.85. The maximum Gasteiger partial charge on any atom is 0.331 e. The highest BCUT2D eigenvalue weighted by atomic mass is 32.1. The van der Waals surface area contributed by atoms with Gasteiger partial charge in [-0.1, -0.05) is 18.9 Å². The van der Waals surface area contributed by atoms with Gasteiger partial charge in [0.05, 0.1) is 6.54 Å². The molecule has 0 saturated carbocycles. The molecule has 0 aliphatic heterocycles. The van der Waals surface area contributed by atoms with Crippen LogP contribution >= 0.6 is 11.3 Å². The smallest absolute Gasteiger partial charge is 0.331 e. The summed E-state index contributed by atoms with van der Waals surface area (Å²) >= 11 is 1.29. The van der Waals surface area contributed by atoms with Crippen LogP contribution in [0, 0.1) is 12.3 Å². The molecule has 0 fully saturated rings. The zero-order valence-electron chi connectivity index (χ0n) is 10.6. The van der Waals surface area contributed by atoms with Crippen molar-refractivity contribution < 1.29 is 14.7 Å². The van der Waals surface area contributed by atoms with E-state index in [4.69, 9.17) is 11.5 Å². The molecule has 6 heteroatoms. The third-order valence-electron chi connectivity index (χ3n) is 2.41. The fraction of sp³-hybridized carbons (Fsp3) is 0.385. The Bertz CT molecular complexity index is 465. The second-order valence-electron chi connectivity index (χ2n) is 3.86. The standard InChI is InChI=1S/C13H16N2O3S/c1-3-7-15(8-4-2)13(18)14-11(12(16)17)10-6-5-9-19-10/h1,5-6,9,11H,4,7-8H2,2H3,(H,14,18)(H,16,17). The molecule has 19 heavy (non-hydrogen) atoms. The monoisotopic (exact) mass is 280 g/mol. The summed E-state index contributed by atoms with van der Waals surface area (Å²) in [7, 11) is 0. The van der Waals surface area contributed by atoms with Crippen molar-refractivity contribution in [3.63, 3.8) is 0 Å². The van der Waals surface area contributed by atoms with Crippen molar-refractivity contribution in [2.75, 3.05) is 13.1 Å². The van der Waals surface area contributed by atoms with Gasteiger partial charge < -0.3 is 15.3 Å². The van der Waals surface area contributed by atoms with Crippen LogP contribution in [0.4, 0.5) is 4.79 Å². The number of carbonyl (C=O) groups excluding carboxylic acids is 1. The second-order valence-corrected chi connectivity index (χ2v) is 4.84. The van der Waals surface area contributed by atoms with Gasteiger partial charge in [0, 0.05) is 11.4 Å². The number of urea groups is 1. The molecule has 1 rings (SSSR count). The highest BCUT2D eigenvalue weighted by Gasteiger charge is 2.25. The quantitative estimate of drug-likeness (QED) is 0.782. The van der Waals surface area contributed by atoms with E-state index in [0.29, 0.717) is 11.4 Å². The van der Waals surface area contributed by atoms with Gasteiger partial charge in [0.1, 0.15) is 0 Å². The van der Waals surface area contributed by atoms with Crippen molar-refractivity contribution >= 4 is 23.3 Å². The number of hydrogen-bond donors (Lipinski definition) is 2. The lowest BCUT2D eigenvalue weighted by molar-refractivity contribution is -0.139. The number of amides is 2. The normalized spacial score (nSPS) is 11.4. The highest BCUT2D eigenvalue weighted by Crippen LogP contribution is 2.19. The van der Waals surface area contributed by atoms with E-state index < -0.39 is 18.0 Å². The molecule has 1 aromatic rings. The number of hydrogen-bond acceptors (Lipinski definition) is 3. The summed E-state index contributed by atoms with van der Waals surface area (Å²) in [4.78, 5) is 25.2. The van der Waals surface area contributed by atoms with Crippen LogP contribution < -0.4 is 5.32 Å². The Hall–Kier alpha value is -2.00. The molecule has 2 N–H and O–H groups in total. The molecule has 0 aliphatic carbocycles. The van der Waals surface area contributed by atoms with E-state index in [1.807, 2.05) is 6.92 Å². The number of nitrogens with one attached hydrogen (secondary N) is 1. The summed E-state index contributed by atoms with van der Waals surface area (Å²) in [6, 6.07) is 1.92. The van der Waals surface area contributed by atoms with Gasteiger partial charge >= 0.3 is 12.0 Å². The number of nitrogens with zero attached hydrogens (tertiary/aromatic N) is 1. The van der Waals surface area contributed by atoms with Crippen LogP contribution in [0.15, 0.2) is 17.5 Å². The van der Waals surface area contributed by atoms with Crippen LogP contribution in [0.25, 0.3) is 0 Å². The topological polar surface area (TPSA) is 69.6 Å². The van der Waals surface area contributed by atoms with Gasteiger partial charge in [-0.25, -0.2) is 9.59 Å². The number of carboxylic acids is 1. The maximum atomic E-state index is 12.0. The van der Waals surface area contributed by atoms with Crippen molar-refractivity contribution in [2.24, 2.45) is 0 Å². The molecule has 1 aromatic heterocycles. The molecule has 0 aliphatic rings. The molecule has 0 bridgehead atoms. The summed E-state index contributed by atoms with van der Waals surface area (Å²) in [5.74, 6) is 1.30. The molecule has 2 amide bonds. The molecular weight excluding hydrogens is 264 g/mol. The third kappa shape index (κ3) is 4.30. The fourth-order valence-electron chi connectivity index (χ4n) is 1.56. The summed E-state index contributed by atoms with van der Waals surface area (Å²) < 4.78 is 0. The Labute approximate surface area is 116 Å². The Kier molecular flexibility index (Phi) is 5.90. The minimum atomic E-state index is -1.09. The van der Waals surface area contributed by atoms with Crippen LogP contribution in [0.5, 0.6) is 0 Å². The number of thiophene rings is 1. The van der Waals surface area contributed by atoms with Gasteiger partial charge in [0.2, 0.25) is 0 Å². The van der Waals surface area contributed by atoms with Crippen LogP contribution in [-0.4, -0.2) is 35.1 Å². The number of terminal acetylenes is 1. The lowest BCUT2D eigenvalue weighted by Crippen LogP contribution is -2.44. The Morgan fingerprint density at radius 3 is 2.84 bits per heavy atom. The first kappa shape index (κ1) is 15.1. The SMILES string of the molecule is C#CCN(CCC)C(=O)NC(C(=O)O)c1cccs1. The zero-order chi connectivity index (χ0) is 14.3. The Morgan fingerprint density at radius 1 is 1.63 bits per heavy atom. The molecule has 5 nitrogen and oxygen atoms in total. The molecule has 0 saturated heterocycles. The third-order valence-corrected chi connectivity index (χ3v) is 3.34. The lowest BCUT2D eigenvalue weighted by atomic mass is 10.2. The number of aliphatic carboxylic acids is 1. The van der Waals surface area contributed by atoms with Crippen molar-refractivity contribution in [1.29, 1.82) is 0 Å². The van der Waals surface area contributed by atoms with Crippen molar-refractivity contribution in [1.82, 2.24) is 10.2 Å². The van der Waals surface area contributed by atoms with Crippen molar-refractivity contribution in [3.05, 3.63) is 22.4 Å². The van der Waals surface area contributed by atoms with E-state index in [1.54, 1.807) is 17.5 Å². The Balaban J connectivity index is 2.76. The van der Waals surface area contributed by atoms with Crippen molar-refractivity contribution in [2.45, 2.75) is 19.4 Å². The minimum Gasteiger partial charge on any atom is -0.479 e. The van der Waals surface area contributed by atoms with Gasteiger partial charge in [-0.2, -0.15) is 0 Å². The summed E-state index contributed by atoms with van der Waals surface area (Å²) in [5.41, 5.74) is 0.